The molecule has 2 saturated heterocycles. The first-order chi connectivity index (χ1) is 16.6. The highest BCUT2D eigenvalue weighted by molar-refractivity contribution is 5.83. The van der Waals surface area contributed by atoms with Crippen molar-refractivity contribution in [2.75, 3.05) is 38.1 Å². The zero-order valence-electron chi connectivity index (χ0n) is 19.6. The zero-order chi connectivity index (χ0) is 25.4. The fraction of sp³-hybridized carbons (Fsp3) is 0.500. The molecule has 1 spiro atoms. The lowest BCUT2D eigenvalue weighted by Crippen LogP contribution is -2.48. The van der Waals surface area contributed by atoms with Crippen molar-refractivity contribution in [3.63, 3.8) is 0 Å². The number of carbonyl (C=O) groups excluding carboxylic acids is 2. The van der Waals surface area contributed by atoms with Gasteiger partial charge < -0.3 is 15.1 Å². The van der Waals surface area contributed by atoms with Gasteiger partial charge in [0, 0.05) is 50.5 Å². The Morgan fingerprint density at radius 1 is 1.26 bits per heavy atom. The number of rotatable bonds is 4. The van der Waals surface area contributed by atoms with Gasteiger partial charge in [0.25, 0.3) is 0 Å². The molecule has 2 fully saturated rings. The van der Waals surface area contributed by atoms with Crippen molar-refractivity contribution in [2.45, 2.75) is 32.5 Å². The lowest BCUT2D eigenvalue weighted by atomic mass is 9.70. The number of piperidine rings is 1. The van der Waals surface area contributed by atoms with Gasteiger partial charge in [-0.15, -0.1) is 0 Å². The van der Waals surface area contributed by atoms with Crippen LogP contribution < -0.4 is 10.2 Å². The van der Waals surface area contributed by atoms with Crippen LogP contribution in [0, 0.1) is 29.6 Å². The largest absolute Gasteiger partial charge is 0.417 e. The Labute approximate surface area is 201 Å². The van der Waals surface area contributed by atoms with E-state index in [1.165, 1.54) is 12.1 Å². The summed E-state index contributed by atoms with van der Waals surface area (Å²) < 4.78 is 41.8. The highest BCUT2D eigenvalue weighted by Gasteiger charge is 2.52. The summed E-state index contributed by atoms with van der Waals surface area (Å²) in [6.07, 6.45) is -1.78. The first kappa shape index (κ1) is 24.6. The van der Waals surface area contributed by atoms with E-state index in [1.807, 2.05) is 17.9 Å². The first-order valence-corrected chi connectivity index (χ1v) is 11.4. The number of nitrogens with zero attached hydrogens (tertiary/aromatic N) is 5. The summed E-state index contributed by atoms with van der Waals surface area (Å²) in [6, 6.07) is 7.16. The molecule has 1 aromatic heterocycles. The van der Waals surface area contributed by atoms with Gasteiger partial charge in [-0.05, 0) is 44.0 Å². The topological polar surface area (TPSA) is 94.3 Å². The molecule has 1 unspecified atom stereocenters. The Kier molecular flexibility index (Phi) is 6.49. The molecule has 0 saturated carbocycles. The van der Waals surface area contributed by atoms with Crippen molar-refractivity contribution in [3.8, 4) is 6.07 Å². The number of nitriles is 1. The van der Waals surface area contributed by atoms with Gasteiger partial charge in [-0.3, -0.25) is 14.3 Å². The van der Waals surface area contributed by atoms with Gasteiger partial charge in [-0.2, -0.15) is 23.5 Å². The highest BCUT2D eigenvalue weighted by atomic mass is 19.4. The number of aromatic nitrogens is 2. The standard InChI is InChI=1S/C24H27F3N6O2/c1-16-5-8-33(30-16)14-21(34)32-13-20(22(35)29-2)23(15-32)6-9-31(10-7-23)18-4-3-17(12-28)19(11-18)24(25,26)27/h3-5,8,11,20H,6-7,9-10,13-15H2,1-2H3,(H,29,35). The molecule has 2 aromatic rings. The number of nitrogens with one attached hydrogen (secondary N) is 1. The van der Waals surface area contributed by atoms with Gasteiger partial charge in [0.15, 0.2) is 0 Å². The fourth-order valence-corrected chi connectivity index (χ4v) is 5.26. The molecule has 1 atom stereocenters. The number of amides is 2. The van der Waals surface area contributed by atoms with Gasteiger partial charge in [-0.25, -0.2) is 0 Å². The van der Waals surface area contributed by atoms with Gasteiger partial charge in [0.05, 0.1) is 28.8 Å². The number of anilines is 1. The van der Waals surface area contributed by atoms with E-state index in [1.54, 1.807) is 28.9 Å². The van der Waals surface area contributed by atoms with E-state index < -0.39 is 28.6 Å². The van der Waals surface area contributed by atoms with E-state index >= 15 is 0 Å². The molecule has 11 heteroatoms. The monoisotopic (exact) mass is 488 g/mol. The summed E-state index contributed by atoms with van der Waals surface area (Å²) in [7, 11) is 1.57. The summed E-state index contributed by atoms with van der Waals surface area (Å²) in [4.78, 5) is 29.3. The van der Waals surface area contributed by atoms with E-state index in [9.17, 15) is 22.8 Å². The van der Waals surface area contributed by atoms with Gasteiger partial charge in [-0.1, -0.05) is 0 Å². The van der Waals surface area contributed by atoms with Crippen LogP contribution >= 0.6 is 0 Å². The number of carbonyl (C=O) groups is 2. The Hall–Kier alpha value is -3.55. The van der Waals surface area contributed by atoms with Crippen molar-refractivity contribution in [1.29, 1.82) is 5.26 Å². The summed E-state index contributed by atoms with van der Waals surface area (Å²) in [5.74, 6) is -0.658. The van der Waals surface area contributed by atoms with Crippen LogP contribution in [0.2, 0.25) is 0 Å². The van der Waals surface area contributed by atoms with Crippen molar-refractivity contribution in [1.82, 2.24) is 20.0 Å². The van der Waals surface area contributed by atoms with Crippen molar-refractivity contribution < 1.29 is 22.8 Å². The van der Waals surface area contributed by atoms with Crippen LogP contribution in [0.3, 0.4) is 0 Å². The van der Waals surface area contributed by atoms with Gasteiger partial charge >= 0.3 is 6.18 Å². The molecule has 0 radical (unpaired) electrons. The second-order valence-electron chi connectivity index (χ2n) is 9.28. The average molecular weight is 489 g/mol. The van der Waals surface area contributed by atoms with Crippen LogP contribution in [0.15, 0.2) is 30.5 Å². The molecule has 2 aliphatic heterocycles. The Morgan fingerprint density at radius 2 is 1.97 bits per heavy atom. The predicted octanol–water partition coefficient (Wildman–Crippen LogP) is 2.57. The lowest BCUT2D eigenvalue weighted by molar-refractivity contribution is -0.137. The van der Waals surface area contributed by atoms with Crippen LogP contribution in [-0.2, 0) is 22.3 Å². The average Bonchev–Trinajstić information content (AvgIpc) is 3.41. The van der Waals surface area contributed by atoms with Crippen molar-refractivity contribution in [3.05, 3.63) is 47.3 Å². The molecule has 2 amide bonds. The number of hydrogen-bond acceptors (Lipinski definition) is 5. The molecular weight excluding hydrogens is 461 g/mol. The fourth-order valence-electron chi connectivity index (χ4n) is 5.26. The maximum absolute atomic E-state index is 13.4. The van der Waals surface area contributed by atoms with Crippen molar-refractivity contribution >= 4 is 17.5 Å². The predicted molar refractivity (Wildman–Crippen MR) is 121 cm³/mol. The molecule has 8 nitrogen and oxygen atoms in total. The summed E-state index contributed by atoms with van der Waals surface area (Å²) in [6.45, 7) is 3.52. The Balaban J connectivity index is 1.51. The summed E-state index contributed by atoms with van der Waals surface area (Å²) in [5, 5.41) is 16.0. The van der Waals surface area contributed by atoms with Gasteiger partial charge in [0.2, 0.25) is 11.8 Å². The van der Waals surface area contributed by atoms with Crippen LogP contribution in [-0.4, -0.2) is 59.7 Å². The normalized spacial score (nSPS) is 19.6. The van der Waals surface area contributed by atoms with Crippen LogP contribution in [0.25, 0.3) is 0 Å². The van der Waals surface area contributed by atoms with E-state index in [2.05, 4.69) is 10.4 Å². The van der Waals surface area contributed by atoms with Crippen LogP contribution in [0.4, 0.5) is 18.9 Å². The highest BCUT2D eigenvalue weighted by Crippen LogP contribution is 2.46. The number of aryl methyl sites for hydroxylation is 1. The molecule has 4 rings (SSSR count). The smallest absolute Gasteiger partial charge is 0.371 e. The van der Waals surface area contributed by atoms with Crippen LogP contribution in [0.5, 0.6) is 0 Å². The Morgan fingerprint density at radius 3 is 2.54 bits per heavy atom. The maximum atomic E-state index is 13.4. The van der Waals surface area contributed by atoms with E-state index in [4.69, 9.17) is 5.26 Å². The number of halogens is 3. The first-order valence-electron chi connectivity index (χ1n) is 11.4. The molecular formula is C24H27F3N6O2. The van der Waals surface area contributed by atoms with Crippen molar-refractivity contribution in [2.24, 2.45) is 11.3 Å². The minimum absolute atomic E-state index is 0.0853. The van der Waals surface area contributed by atoms with E-state index in [-0.39, 0.29) is 18.4 Å². The molecule has 0 bridgehead atoms. The van der Waals surface area contributed by atoms with E-state index in [0.29, 0.717) is 44.7 Å². The summed E-state index contributed by atoms with van der Waals surface area (Å²) in [5.41, 5.74) is -0.615. The second kappa shape index (κ2) is 9.24. The molecule has 186 valence electrons. The maximum Gasteiger partial charge on any atom is 0.417 e. The summed E-state index contributed by atoms with van der Waals surface area (Å²) >= 11 is 0. The van der Waals surface area contributed by atoms with E-state index in [0.717, 1.165) is 11.8 Å². The third-order valence-corrected chi connectivity index (χ3v) is 7.19. The number of hydrogen-bond donors (Lipinski definition) is 1. The number of benzene rings is 1. The molecule has 3 heterocycles. The second-order valence-corrected chi connectivity index (χ2v) is 9.28. The lowest BCUT2D eigenvalue weighted by Gasteiger charge is -2.43. The molecule has 0 aliphatic carbocycles. The molecule has 35 heavy (non-hydrogen) atoms. The minimum Gasteiger partial charge on any atom is -0.371 e. The molecule has 1 N–H and O–H groups in total. The number of likely N-dealkylation sites (tertiary alicyclic amines) is 1. The molecule has 1 aromatic carbocycles. The Bertz CT molecular complexity index is 1160. The van der Waals surface area contributed by atoms with Crippen LogP contribution in [0.1, 0.15) is 29.7 Å². The van der Waals surface area contributed by atoms with Gasteiger partial charge in [0.1, 0.15) is 6.54 Å². The minimum atomic E-state index is -4.62. The quantitative estimate of drug-likeness (QED) is 0.714. The third-order valence-electron chi connectivity index (χ3n) is 7.19. The molecule has 2 aliphatic rings. The zero-order valence-corrected chi connectivity index (χ0v) is 19.6. The third kappa shape index (κ3) is 4.83. The SMILES string of the molecule is CNC(=O)C1CN(C(=O)Cn2ccc(C)n2)CC12CCN(c1ccc(C#N)c(C(F)(F)F)c1)CC2. The number of alkyl halides is 3.